The predicted molar refractivity (Wildman–Crippen MR) is 121 cm³/mol. The summed E-state index contributed by atoms with van der Waals surface area (Å²) in [6.45, 7) is 2.50. The van der Waals surface area contributed by atoms with Crippen molar-refractivity contribution in [2.24, 2.45) is 5.92 Å². The van der Waals surface area contributed by atoms with E-state index in [-0.39, 0.29) is 11.5 Å². The minimum absolute atomic E-state index is 0.146. The number of thiocyanates is 1. The Morgan fingerprint density at radius 3 is 1.80 bits per heavy atom. The summed E-state index contributed by atoms with van der Waals surface area (Å²) in [6.07, 6.45) is 7.18. The highest BCUT2D eigenvalue weighted by Gasteiger charge is 2.60. The lowest BCUT2D eigenvalue weighted by atomic mass is 9.52. The van der Waals surface area contributed by atoms with E-state index < -0.39 is 0 Å². The summed E-state index contributed by atoms with van der Waals surface area (Å²) in [5, 5.41) is 8.47. The van der Waals surface area contributed by atoms with Gasteiger partial charge in [0.05, 0.1) is 19.5 Å². The van der Waals surface area contributed by atoms with Crippen molar-refractivity contribution in [3.8, 4) is 5.40 Å². The van der Waals surface area contributed by atoms with Crippen LogP contribution in [0.4, 0.5) is 0 Å². The number of quaternary nitrogens is 1. The zero-order valence-electron chi connectivity index (χ0n) is 17.4. The highest BCUT2D eigenvalue weighted by atomic mass is 32.1. The van der Waals surface area contributed by atoms with Crippen molar-refractivity contribution < 1.29 is 9.69 Å². The van der Waals surface area contributed by atoms with E-state index in [1.807, 2.05) is 0 Å². The fourth-order valence-corrected chi connectivity index (χ4v) is 6.48. The lowest BCUT2D eigenvalue weighted by Gasteiger charge is -2.56. The topological polar surface area (TPSA) is 45.3 Å². The first-order valence-corrected chi connectivity index (χ1v) is 11.6. The number of benzene rings is 2. The molecule has 0 spiro atoms. The highest BCUT2D eigenvalue weighted by Crippen LogP contribution is 2.55. The van der Waals surface area contributed by atoms with Crippen LogP contribution < -0.4 is 4.90 Å². The molecule has 1 aliphatic heterocycles. The van der Waals surface area contributed by atoms with Gasteiger partial charge in [0.1, 0.15) is 11.3 Å². The van der Waals surface area contributed by atoms with Crippen LogP contribution in [0.15, 0.2) is 60.7 Å². The largest absolute Gasteiger partial charge is 0.696 e. The van der Waals surface area contributed by atoms with Crippen LogP contribution in [0, 0.1) is 16.6 Å². The van der Waals surface area contributed by atoms with Crippen LogP contribution in [0.1, 0.15) is 61.5 Å². The third-order valence-corrected chi connectivity index (χ3v) is 7.64. The fourth-order valence-electron chi connectivity index (χ4n) is 6.48. The molecule has 4 heteroatoms. The summed E-state index contributed by atoms with van der Waals surface area (Å²) in [6, 6.07) is 21.7. The van der Waals surface area contributed by atoms with Crippen molar-refractivity contribution in [2.45, 2.75) is 55.9 Å². The maximum absolute atomic E-state index is 13.5. The summed E-state index contributed by atoms with van der Waals surface area (Å²) >= 11 is 3.70. The molecule has 3 aliphatic carbocycles. The van der Waals surface area contributed by atoms with Gasteiger partial charge in [-0.25, -0.2) is 5.26 Å². The molecule has 6 rings (SSSR count). The van der Waals surface area contributed by atoms with Crippen LogP contribution in [-0.4, -0.2) is 24.4 Å². The molecular formula is C26H30N2OS. The van der Waals surface area contributed by atoms with Gasteiger partial charge in [-0.1, -0.05) is 66.1 Å². The van der Waals surface area contributed by atoms with E-state index in [9.17, 15) is 4.79 Å². The lowest BCUT2D eigenvalue weighted by molar-refractivity contribution is -0.960. The van der Waals surface area contributed by atoms with Gasteiger partial charge in [0, 0.05) is 30.6 Å². The summed E-state index contributed by atoms with van der Waals surface area (Å²) in [5.74, 6) is 1.43. The third kappa shape index (κ3) is 4.02. The number of hydrogen-bond donors (Lipinski definition) is 1. The summed E-state index contributed by atoms with van der Waals surface area (Å²) in [5.41, 5.74) is 2.89. The second kappa shape index (κ2) is 9.29. The van der Waals surface area contributed by atoms with Crippen molar-refractivity contribution >= 4 is 18.4 Å². The van der Waals surface area contributed by atoms with Crippen molar-refractivity contribution in [1.82, 2.24) is 0 Å². The van der Waals surface area contributed by atoms with Gasteiger partial charge in [0.2, 0.25) is 0 Å². The Hall–Kier alpha value is -2.22. The molecule has 4 fully saturated rings. The standard InChI is InChI=1S/C25H29NO.CHNS/c27-23-18-25(26-14-8-3-9-15-26)16-21(19-10-4-1-5-11-19)24(23)22(17-25)20-12-6-2-7-13-20;2-1-3/h1-2,4-7,10-13,21-22,24H,3,8-9,14-18H2;3H/t21-,22-,24?,25?;/m0./s1. The number of carbonyl (C=O) groups excluding carboxylic acids is 1. The van der Waals surface area contributed by atoms with Crippen LogP contribution in [-0.2, 0) is 17.4 Å². The van der Waals surface area contributed by atoms with E-state index in [2.05, 4.69) is 73.3 Å². The van der Waals surface area contributed by atoms with Crippen LogP contribution in [0.3, 0.4) is 0 Å². The molecule has 2 aromatic carbocycles. The molecule has 1 saturated heterocycles. The maximum Gasteiger partial charge on any atom is 0.143 e. The minimum atomic E-state index is 0.146. The second-order valence-corrected chi connectivity index (χ2v) is 9.33. The normalized spacial score (nSPS) is 30.8. The number of nitrogens with zero attached hydrogens (tertiary/aromatic N) is 1. The Morgan fingerprint density at radius 1 is 0.867 bits per heavy atom. The van der Waals surface area contributed by atoms with Crippen LogP contribution >= 0.6 is 0 Å². The molecule has 3 nitrogen and oxygen atoms in total. The minimum Gasteiger partial charge on any atom is -0.696 e. The highest BCUT2D eigenvalue weighted by molar-refractivity contribution is 7.64. The SMILES string of the molecule is N#C[S-].O=C1CC2([NH+]3CCCCC3)C[C@@H](c3ccccc3)C1[C@H](c1ccccc1)C2. The van der Waals surface area contributed by atoms with E-state index in [1.54, 1.807) is 4.90 Å². The Kier molecular flexibility index (Phi) is 6.51. The van der Waals surface area contributed by atoms with Gasteiger partial charge in [-0.05, 0) is 30.4 Å². The zero-order chi connectivity index (χ0) is 21.0. The van der Waals surface area contributed by atoms with Gasteiger partial charge in [-0.3, -0.25) is 4.79 Å². The number of ketones is 1. The molecule has 1 heterocycles. The van der Waals surface area contributed by atoms with E-state index in [4.69, 9.17) is 5.26 Å². The van der Waals surface area contributed by atoms with Crippen LogP contribution in [0.25, 0.3) is 0 Å². The molecule has 2 atom stereocenters. The van der Waals surface area contributed by atoms with Crippen molar-refractivity contribution in [3.63, 3.8) is 0 Å². The number of rotatable bonds is 3. The molecule has 0 radical (unpaired) electrons. The molecule has 1 N–H and O–H groups in total. The maximum atomic E-state index is 13.5. The smallest absolute Gasteiger partial charge is 0.143 e. The van der Waals surface area contributed by atoms with E-state index in [0.29, 0.717) is 17.6 Å². The number of nitrogens with one attached hydrogen (secondary N) is 1. The number of hydrogen-bond acceptors (Lipinski definition) is 3. The number of fused-ring (bicyclic) bond motifs is 3. The quantitative estimate of drug-likeness (QED) is 0.610. The summed E-state index contributed by atoms with van der Waals surface area (Å²) < 4.78 is 0. The van der Waals surface area contributed by atoms with Gasteiger partial charge < -0.3 is 17.5 Å². The Labute approximate surface area is 185 Å². The van der Waals surface area contributed by atoms with Gasteiger partial charge in [0.25, 0.3) is 0 Å². The monoisotopic (exact) mass is 418 g/mol. The van der Waals surface area contributed by atoms with Gasteiger partial charge in [-0.15, -0.1) is 0 Å². The number of Topliss-reactive ketones (excluding diaryl/α,β-unsaturated/α-hetero) is 1. The molecule has 0 unspecified atom stereocenters. The van der Waals surface area contributed by atoms with Crippen LogP contribution in [0.2, 0.25) is 0 Å². The number of carbonyl (C=O) groups is 1. The third-order valence-electron chi connectivity index (χ3n) is 7.64. The average molecular weight is 419 g/mol. The molecule has 2 aromatic rings. The predicted octanol–water partition coefficient (Wildman–Crippen LogP) is 3.76. The molecule has 0 aromatic heterocycles. The van der Waals surface area contributed by atoms with E-state index >= 15 is 0 Å². The van der Waals surface area contributed by atoms with Gasteiger partial charge in [0.15, 0.2) is 0 Å². The van der Waals surface area contributed by atoms with Crippen molar-refractivity contribution in [2.75, 3.05) is 13.1 Å². The average Bonchev–Trinajstić information content (AvgIpc) is 2.81. The molecule has 30 heavy (non-hydrogen) atoms. The Morgan fingerprint density at radius 2 is 1.33 bits per heavy atom. The number of nitriles is 1. The Bertz CT molecular complexity index is 837. The van der Waals surface area contributed by atoms with Crippen molar-refractivity contribution in [3.05, 3.63) is 71.8 Å². The number of piperidine rings is 1. The van der Waals surface area contributed by atoms with Crippen molar-refractivity contribution in [1.29, 1.82) is 5.26 Å². The summed E-state index contributed by atoms with van der Waals surface area (Å²) in [4.78, 5) is 15.2. The molecule has 2 bridgehead atoms. The first-order chi connectivity index (χ1) is 14.7. The molecule has 4 aliphatic rings. The second-order valence-electron chi connectivity index (χ2n) is 9.15. The van der Waals surface area contributed by atoms with Crippen LogP contribution in [0.5, 0.6) is 0 Å². The first-order valence-electron chi connectivity index (χ1n) is 11.2. The molecular weight excluding hydrogens is 388 g/mol. The van der Waals surface area contributed by atoms with Gasteiger partial charge >= 0.3 is 0 Å². The van der Waals surface area contributed by atoms with E-state index in [1.165, 1.54) is 61.7 Å². The molecule has 3 saturated carbocycles. The number of likely N-dealkylation sites (tertiary alicyclic amines) is 1. The first kappa shape index (κ1) is 21.0. The summed E-state index contributed by atoms with van der Waals surface area (Å²) in [7, 11) is 0. The Balaban J connectivity index is 0.000000687. The van der Waals surface area contributed by atoms with Gasteiger partial charge in [-0.2, -0.15) is 0 Å². The zero-order valence-corrected chi connectivity index (χ0v) is 18.2. The molecule has 0 amide bonds. The van der Waals surface area contributed by atoms with E-state index in [0.717, 1.165) is 6.42 Å². The molecule has 156 valence electrons. The lowest BCUT2D eigenvalue weighted by Crippen LogP contribution is -3.21. The fraction of sp³-hybridized carbons (Fsp3) is 0.462.